The largest absolute Gasteiger partial charge is 0.481 e. The first-order valence-electron chi connectivity index (χ1n) is 6.11. The van der Waals surface area contributed by atoms with Crippen molar-refractivity contribution < 1.29 is 19.5 Å². The molecule has 0 saturated heterocycles. The van der Waals surface area contributed by atoms with E-state index in [4.69, 9.17) is 5.11 Å². The summed E-state index contributed by atoms with van der Waals surface area (Å²) >= 11 is 0. The summed E-state index contributed by atoms with van der Waals surface area (Å²) in [4.78, 5) is 32.9. The minimum atomic E-state index is -0.914. The quantitative estimate of drug-likeness (QED) is 0.634. The second-order valence-electron chi connectivity index (χ2n) is 4.08. The van der Waals surface area contributed by atoms with Gasteiger partial charge in [0.05, 0.1) is 0 Å². The molecule has 7 heteroatoms. The molecule has 0 aromatic heterocycles. The lowest BCUT2D eigenvalue weighted by Crippen LogP contribution is -2.24. The molecule has 0 spiro atoms. The molecule has 0 radical (unpaired) electrons. The third-order valence-electron chi connectivity index (χ3n) is 2.45. The van der Waals surface area contributed by atoms with E-state index in [1.165, 1.54) is 7.05 Å². The van der Waals surface area contributed by atoms with Crippen molar-refractivity contribution in [2.24, 2.45) is 0 Å². The fourth-order valence-corrected chi connectivity index (χ4v) is 1.45. The lowest BCUT2D eigenvalue weighted by molar-refractivity contribution is -0.137. The van der Waals surface area contributed by atoms with Gasteiger partial charge in [-0.3, -0.25) is 9.59 Å². The first kappa shape index (κ1) is 15.5. The summed E-state index contributed by atoms with van der Waals surface area (Å²) in [5, 5.41) is 16.1. The molecule has 0 saturated carbocycles. The summed E-state index contributed by atoms with van der Waals surface area (Å²) in [5.74, 6) is -1.15. The number of aliphatic carboxylic acids is 1. The van der Waals surface area contributed by atoms with Gasteiger partial charge < -0.3 is 21.1 Å². The van der Waals surface area contributed by atoms with Crippen LogP contribution in [-0.2, 0) is 9.59 Å². The molecule has 20 heavy (non-hydrogen) atoms. The second kappa shape index (κ2) is 7.78. The van der Waals surface area contributed by atoms with Gasteiger partial charge in [-0.1, -0.05) is 0 Å². The van der Waals surface area contributed by atoms with Gasteiger partial charge in [0.2, 0.25) is 5.91 Å². The molecule has 1 rings (SSSR count). The van der Waals surface area contributed by atoms with Crippen LogP contribution in [0.4, 0.5) is 16.2 Å². The average molecular weight is 279 g/mol. The maximum Gasteiger partial charge on any atom is 0.318 e. The van der Waals surface area contributed by atoms with Crippen molar-refractivity contribution in [3.8, 4) is 0 Å². The Morgan fingerprint density at radius 3 is 2.05 bits per heavy atom. The third kappa shape index (κ3) is 5.85. The minimum absolute atomic E-state index is 0.0254. The molecule has 108 valence electrons. The van der Waals surface area contributed by atoms with E-state index in [-0.39, 0.29) is 24.8 Å². The zero-order chi connectivity index (χ0) is 15.0. The van der Waals surface area contributed by atoms with Crippen LogP contribution in [0, 0.1) is 0 Å². The van der Waals surface area contributed by atoms with Crippen LogP contribution in [0.1, 0.15) is 19.3 Å². The fourth-order valence-electron chi connectivity index (χ4n) is 1.45. The van der Waals surface area contributed by atoms with Crippen LogP contribution < -0.4 is 16.0 Å². The molecule has 7 nitrogen and oxygen atoms in total. The Morgan fingerprint density at radius 2 is 1.55 bits per heavy atom. The van der Waals surface area contributed by atoms with Gasteiger partial charge in [-0.25, -0.2) is 4.79 Å². The van der Waals surface area contributed by atoms with Crippen molar-refractivity contribution in [2.75, 3.05) is 17.7 Å². The summed E-state index contributed by atoms with van der Waals surface area (Å²) in [6.07, 6.45) is 0.435. The molecule has 4 N–H and O–H groups in total. The van der Waals surface area contributed by atoms with Gasteiger partial charge in [-0.15, -0.1) is 0 Å². The molecule has 0 fully saturated rings. The Morgan fingerprint density at radius 1 is 1.00 bits per heavy atom. The van der Waals surface area contributed by atoms with Gasteiger partial charge in [-0.2, -0.15) is 0 Å². The van der Waals surface area contributed by atoms with E-state index in [2.05, 4.69) is 16.0 Å². The van der Waals surface area contributed by atoms with Crippen molar-refractivity contribution in [2.45, 2.75) is 19.3 Å². The summed E-state index contributed by atoms with van der Waals surface area (Å²) in [5.41, 5.74) is 1.20. The van der Waals surface area contributed by atoms with Crippen LogP contribution in [0.15, 0.2) is 24.3 Å². The molecule has 0 unspecified atom stereocenters. The molecule has 0 aliphatic heterocycles. The molecule has 0 aliphatic rings. The average Bonchev–Trinajstić information content (AvgIpc) is 2.40. The maximum absolute atomic E-state index is 11.5. The number of benzene rings is 1. The van der Waals surface area contributed by atoms with Gasteiger partial charge in [0.1, 0.15) is 0 Å². The highest BCUT2D eigenvalue weighted by molar-refractivity contribution is 5.92. The highest BCUT2D eigenvalue weighted by Gasteiger charge is 2.05. The molecule has 0 heterocycles. The van der Waals surface area contributed by atoms with Crippen molar-refractivity contribution in [1.29, 1.82) is 0 Å². The maximum atomic E-state index is 11.5. The number of amides is 3. The van der Waals surface area contributed by atoms with Crippen molar-refractivity contribution in [1.82, 2.24) is 5.32 Å². The van der Waals surface area contributed by atoms with Gasteiger partial charge >= 0.3 is 12.0 Å². The zero-order valence-corrected chi connectivity index (χ0v) is 11.1. The predicted molar refractivity (Wildman–Crippen MR) is 74.6 cm³/mol. The number of rotatable bonds is 6. The Kier molecular flexibility index (Phi) is 6.02. The van der Waals surface area contributed by atoms with Crippen molar-refractivity contribution in [3.63, 3.8) is 0 Å². The Hall–Kier alpha value is -2.57. The molecule has 3 amide bonds. The number of carboxylic acids is 1. The molecular formula is C13H17N3O4. The Balaban J connectivity index is 2.42. The van der Waals surface area contributed by atoms with Crippen LogP contribution in [0.3, 0.4) is 0 Å². The van der Waals surface area contributed by atoms with Crippen molar-refractivity contribution >= 4 is 29.3 Å². The fraction of sp³-hybridized carbons (Fsp3) is 0.308. The molecular weight excluding hydrogens is 262 g/mol. The van der Waals surface area contributed by atoms with E-state index >= 15 is 0 Å². The second-order valence-corrected chi connectivity index (χ2v) is 4.08. The highest BCUT2D eigenvalue weighted by Crippen LogP contribution is 2.14. The topological polar surface area (TPSA) is 108 Å². The van der Waals surface area contributed by atoms with Crippen LogP contribution >= 0.6 is 0 Å². The Bertz CT molecular complexity index is 485. The molecule has 0 atom stereocenters. The highest BCUT2D eigenvalue weighted by atomic mass is 16.4. The summed E-state index contributed by atoms with van der Waals surface area (Å²) in [6.45, 7) is 0. The number of hydrogen-bond donors (Lipinski definition) is 4. The monoisotopic (exact) mass is 279 g/mol. The number of nitrogens with one attached hydrogen (secondary N) is 3. The summed E-state index contributed by atoms with van der Waals surface area (Å²) in [7, 11) is 1.51. The number of anilines is 2. The van der Waals surface area contributed by atoms with Gasteiger partial charge in [0.25, 0.3) is 0 Å². The van der Waals surface area contributed by atoms with E-state index in [1.807, 2.05) is 0 Å². The van der Waals surface area contributed by atoms with E-state index in [9.17, 15) is 14.4 Å². The molecule has 0 bridgehead atoms. The summed E-state index contributed by atoms with van der Waals surface area (Å²) < 4.78 is 0. The Labute approximate surface area is 116 Å². The number of carbonyl (C=O) groups excluding carboxylic acids is 2. The molecule has 1 aromatic carbocycles. The van der Waals surface area contributed by atoms with E-state index < -0.39 is 5.97 Å². The van der Waals surface area contributed by atoms with Crippen LogP contribution in [0.5, 0.6) is 0 Å². The molecule has 1 aromatic rings. The van der Waals surface area contributed by atoms with Crippen LogP contribution in [0.2, 0.25) is 0 Å². The van der Waals surface area contributed by atoms with Gasteiger partial charge in [-0.05, 0) is 30.7 Å². The van der Waals surface area contributed by atoms with Crippen LogP contribution in [-0.4, -0.2) is 30.1 Å². The third-order valence-corrected chi connectivity index (χ3v) is 2.45. The van der Waals surface area contributed by atoms with E-state index in [0.29, 0.717) is 17.8 Å². The standard InChI is InChI=1S/C13H17N3O4/c1-14-13(20)16-10-7-5-9(6-8-10)15-11(17)3-2-4-12(18)19/h5-8H,2-4H2,1H3,(H,15,17)(H,18,19)(H2,14,16,20). The normalized spacial score (nSPS) is 9.65. The van der Waals surface area contributed by atoms with Gasteiger partial charge in [0, 0.05) is 31.3 Å². The lowest BCUT2D eigenvalue weighted by Gasteiger charge is -2.07. The number of urea groups is 1. The van der Waals surface area contributed by atoms with Crippen LogP contribution in [0.25, 0.3) is 0 Å². The zero-order valence-electron chi connectivity index (χ0n) is 11.1. The first-order chi connectivity index (χ1) is 9.51. The van der Waals surface area contributed by atoms with Gasteiger partial charge in [0.15, 0.2) is 0 Å². The van der Waals surface area contributed by atoms with Crippen molar-refractivity contribution in [3.05, 3.63) is 24.3 Å². The first-order valence-corrected chi connectivity index (χ1v) is 6.11. The van der Waals surface area contributed by atoms with E-state index in [0.717, 1.165) is 0 Å². The number of carboxylic acid groups (broad SMARTS) is 1. The van der Waals surface area contributed by atoms with E-state index in [1.54, 1.807) is 24.3 Å². The smallest absolute Gasteiger partial charge is 0.318 e. The summed E-state index contributed by atoms with van der Waals surface area (Å²) in [6, 6.07) is 6.29. The number of carbonyl (C=O) groups is 3. The predicted octanol–water partition coefficient (Wildman–Crippen LogP) is 1.63. The SMILES string of the molecule is CNC(=O)Nc1ccc(NC(=O)CCCC(=O)O)cc1. The molecule has 0 aliphatic carbocycles. The minimum Gasteiger partial charge on any atom is -0.481 e. The number of hydrogen-bond acceptors (Lipinski definition) is 3. The lowest BCUT2D eigenvalue weighted by atomic mass is 10.2.